The third-order valence-corrected chi connectivity index (χ3v) is 6.76. The predicted molar refractivity (Wildman–Crippen MR) is 140 cm³/mol. The van der Waals surface area contributed by atoms with Gasteiger partial charge in [0, 0.05) is 5.02 Å². The minimum atomic E-state index is -4.48. The van der Waals surface area contributed by atoms with Crippen LogP contribution in [0.3, 0.4) is 0 Å². The second-order valence-corrected chi connectivity index (χ2v) is 9.36. The van der Waals surface area contributed by atoms with E-state index >= 15 is 0 Å². The maximum absolute atomic E-state index is 13.7. The van der Waals surface area contributed by atoms with Gasteiger partial charge in [0.2, 0.25) is 5.96 Å². The van der Waals surface area contributed by atoms with E-state index in [1.54, 1.807) is 36.4 Å². The molecule has 1 aromatic heterocycles. The molecule has 4 aromatic rings. The summed E-state index contributed by atoms with van der Waals surface area (Å²) in [4.78, 5) is 13.7. The van der Waals surface area contributed by atoms with Crippen LogP contribution in [-0.2, 0) is 12.6 Å². The maximum atomic E-state index is 13.7. The Morgan fingerprint density at radius 2 is 1.76 bits per heavy atom. The Kier molecular flexibility index (Phi) is 6.36. The van der Waals surface area contributed by atoms with Crippen molar-refractivity contribution < 1.29 is 18.4 Å². The largest absolute Gasteiger partial charge is 0.428 e. The lowest BCUT2D eigenvalue weighted by Gasteiger charge is -2.29. The summed E-state index contributed by atoms with van der Waals surface area (Å²) in [6, 6.07) is 17.9. The predicted octanol–water partition coefficient (Wildman–Crippen LogP) is 5.75. The summed E-state index contributed by atoms with van der Waals surface area (Å²) in [7, 11) is 0. The Hall–Kier alpha value is -4.31. The molecule has 7 nitrogen and oxygen atoms in total. The lowest BCUT2D eigenvalue weighted by Crippen LogP contribution is -2.36. The summed E-state index contributed by atoms with van der Waals surface area (Å²) >= 11 is 6.12. The van der Waals surface area contributed by atoms with Gasteiger partial charge in [-0.25, -0.2) is 5.01 Å². The smallest absolute Gasteiger partial charge is 0.416 e. The van der Waals surface area contributed by atoms with E-state index in [-0.39, 0.29) is 40.7 Å². The first kappa shape index (κ1) is 25.3. The van der Waals surface area contributed by atoms with E-state index in [9.17, 15) is 23.2 Å². The van der Waals surface area contributed by atoms with Crippen molar-refractivity contribution in [2.75, 3.05) is 5.01 Å². The number of rotatable bonds is 3. The zero-order valence-corrected chi connectivity index (χ0v) is 20.5. The number of hydrogen-bond acceptors (Lipinski definition) is 4. The van der Waals surface area contributed by atoms with E-state index < -0.39 is 29.0 Å². The van der Waals surface area contributed by atoms with Crippen LogP contribution in [0.2, 0.25) is 5.02 Å². The maximum Gasteiger partial charge on any atom is 0.416 e. The number of alkyl halides is 3. The zero-order valence-electron chi connectivity index (χ0n) is 19.7. The van der Waals surface area contributed by atoms with Gasteiger partial charge in [0.15, 0.2) is 5.43 Å². The van der Waals surface area contributed by atoms with Crippen molar-refractivity contribution >= 4 is 39.9 Å². The Morgan fingerprint density at radius 1 is 1.08 bits per heavy atom. The summed E-state index contributed by atoms with van der Waals surface area (Å²) in [5.74, 6) is -0.828. The van der Waals surface area contributed by atoms with Crippen molar-refractivity contribution in [2.45, 2.75) is 24.9 Å². The monoisotopic (exact) mass is 539 g/mol. The van der Waals surface area contributed by atoms with Gasteiger partial charge in [-0.1, -0.05) is 41.9 Å². The first-order chi connectivity index (χ1) is 18.0. The van der Waals surface area contributed by atoms with Crippen LogP contribution in [0.15, 0.2) is 82.7 Å². The van der Waals surface area contributed by atoms with Crippen molar-refractivity contribution in [1.82, 2.24) is 4.73 Å². The number of benzene rings is 3. The number of nitrogens with two attached hydrogens (primary N) is 1. The number of para-hydroxylation sites is 1. The topological polar surface area (TPSA) is 108 Å². The summed E-state index contributed by atoms with van der Waals surface area (Å²) in [5.41, 5.74) is 6.53. The third-order valence-electron chi connectivity index (χ3n) is 6.53. The zero-order chi connectivity index (χ0) is 27.2. The summed E-state index contributed by atoms with van der Waals surface area (Å²) in [6.45, 7) is 0. The second kappa shape index (κ2) is 9.53. The number of fused-ring (bicyclic) bond motifs is 2. The van der Waals surface area contributed by atoms with Crippen LogP contribution in [0.5, 0.6) is 0 Å². The highest BCUT2D eigenvalue weighted by Crippen LogP contribution is 2.36. The van der Waals surface area contributed by atoms with E-state index in [0.29, 0.717) is 16.3 Å². The number of halogens is 4. The van der Waals surface area contributed by atoms with E-state index in [1.807, 2.05) is 0 Å². The van der Waals surface area contributed by atoms with Gasteiger partial charge < -0.3 is 10.9 Å². The molecule has 0 saturated heterocycles. The van der Waals surface area contributed by atoms with Gasteiger partial charge in [-0.2, -0.15) is 23.0 Å². The highest BCUT2D eigenvalue weighted by atomic mass is 35.5. The van der Waals surface area contributed by atoms with Gasteiger partial charge >= 0.3 is 6.18 Å². The van der Waals surface area contributed by atoms with Gasteiger partial charge in [0.25, 0.3) is 0 Å². The van der Waals surface area contributed by atoms with Gasteiger partial charge in [0.05, 0.1) is 39.1 Å². The lowest BCUT2D eigenvalue weighted by atomic mass is 9.80. The van der Waals surface area contributed by atoms with Crippen LogP contribution in [0.1, 0.15) is 34.7 Å². The number of guanidine groups is 1. The number of hydrogen-bond donors (Lipinski definition) is 3. The molecular formula is C27H21ClF3N5O2. The van der Waals surface area contributed by atoms with E-state index in [1.165, 1.54) is 24.3 Å². The number of aromatic nitrogens is 1. The normalized spacial score (nSPS) is 16.4. The quantitative estimate of drug-likeness (QED) is 0.133. The van der Waals surface area contributed by atoms with Crippen molar-refractivity contribution in [2.24, 2.45) is 10.8 Å². The summed E-state index contributed by atoms with van der Waals surface area (Å²) in [5, 5.41) is 25.5. The molecule has 0 amide bonds. The van der Waals surface area contributed by atoms with Crippen LogP contribution in [0, 0.1) is 5.41 Å². The average Bonchev–Trinajstić information content (AvgIpc) is 2.89. The summed E-state index contributed by atoms with van der Waals surface area (Å²) in [6.07, 6.45) is -4.17. The highest BCUT2D eigenvalue weighted by Gasteiger charge is 2.34. The molecule has 5 rings (SSSR count). The van der Waals surface area contributed by atoms with Crippen LogP contribution in [0.25, 0.3) is 10.9 Å². The summed E-state index contributed by atoms with van der Waals surface area (Å²) < 4.78 is 40.3. The van der Waals surface area contributed by atoms with Crippen molar-refractivity contribution in [3.63, 3.8) is 0 Å². The number of nitrogens with one attached hydrogen (secondary N) is 1. The van der Waals surface area contributed by atoms with Crippen LogP contribution in [0.4, 0.5) is 18.9 Å². The van der Waals surface area contributed by atoms with Gasteiger partial charge in [-0.05, 0) is 66.8 Å². The Bertz CT molecular complexity index is 1630. The number of nitrogens with zero attached hydrogens (tertiary/aromatic N) is 3. The molecule has 3 aromatic carbocycles. The Balaban J connectivity index is 1.72. The molecule has 38 heavy (non-hydrogen) atoms. The molecule has 0 spiro atoms. The molecule has 0 saturated carbocycles. The molecule has 1 heterocycles. The van der Waals surface area contributed by atoms with Crippen molar-refractivity contribution in [3.8, 4) is 0 Å². The molecule has 1 aliphatic carbocycles. The number of hydrazone groups is 1. The molecule has 1 aliphatic rings. The molecule has 0 bridgehead atoms. The minimum Gasteiger partial charge on any atom is -0.428 e. The SMILES string of the molecule is N=C(N)N(/N=C1\CC(c2ccc(C(F)(F)F)cc2)Cc2c1c(=O)c1cc(Cl)ccc1n2O)c1ccccc1. The molecule has 0 fully saturated rings. The van der Waals surface area contributed by atoms with Crippen LogP contribution in [-0.4, -0.2) is 21.6 Å². The molecule has 11 heteroatoms. The van der Waals surface area contributed by atoms with Gasteiger partial charge in [-0.15, -0.1) is 0 Å². The first-order valence-electron chi connectivity index (χ1n) is 11.5. The van der Waals surface area contributed by atoms with E-state index in [4.69, 9.17) is 22.7 Å². The van der Waals surface area contributed by atoms with Crippen molar-refractivity contribution in [1.29, 1.82) is 5.41 Å². The fraction of sp³-hybridized carbons (Fsp3) is 0.148. The standard InChI is InChI=1S/C27H21ClF3N5O2/c28-18-10-11-22-20(14-18)25(37)24-21(34-35(26(32)33)19-4-2-1-3-5-19)12-16(13-23(24)36(22)38)15-6-8-17(9-7-15)27(29,30)31/h1-11,14,16,38H,12-13H2,(H3,32,33)/b34-21+. The average molecular weight is 540 g/mol. The fourth-order valence-corrected chi connectivity index (χ4v) is 4.90. The van der Waals surface area contributed by atoms with Crippen molar-refractivity contribution in [3.05, 3.63) is 110 Å². The Morgan fingerprint density at radius 3 is 2.39 bits per heavy atom. The van der Waals surface area contributed by atoms with E-state index in [2.05, 4.69) is 5.10 Å². The highest BCUT2D eigenvalue weighted by molar-refractivity contribution is 6.31. The van der Waals surface area contributed by atoms with Crippen LogP contribution >= 0.6 is 11.6 Å². The first-order valence-corrected chi connectivity index (χ1v) is 11.9. The Labute approximate surface area is 219 Å². The number of anilines is 1. The fourth-order valence-electron chi connectivity index (χ4n) is 4.73. The molecule has 1 atom stereocenters. The van der Waals surface area contributed by atoms with Crippen LogP contribution < -0.4 is 16.2 Å². The van der Waals surface area contributed by atoms with E-state index in [0.717, 1.165) is 21.9 Å². The molecule has 0 aliphatic heterocycles. The molecule has 4 N–H and O–H groups in total. The van der Waals surface area contributed by atoms with Gasteiger partial charge in [0.1, 0.15) is 0 Å². The lowest BCUT2D eigenvalue weighted by molar-refractivity contribution is -0.137. The molecule has 194 valence electrons. The second-order valence-electron chi connectivity index (χ2n) is 8.93. The van der Waals surface area contributed by atoms with Gasteiger partial charge in [-0.3, -0.25) is 10.2 Å². The molecular weight excluding hydrogens is 519 g/mol. The third kappa shape index (κ3) is 4.58. The molecule has 1 unspecified atom stereocenters. The molecule has 0 radical (unpaired) electrons. The number of pyridine rings is 1. The minimum absolute atomic E-state index is 0.132.